The van der Waals surface area contributed by atoms with Gasteiger partial charge >= 0.3 is 5.97 Å². The molecule has 0 saturated carbocycles. The van der Waals surface area contributed by atoms with Gasteiger partial charge in [0.05, 0.1) is 0 Å². The summed E-state index contributed by atoms with van der Waals surface area (Å²) in [6.07, 6.45) is 2.88. The van der Waals surface area contributed by atoms with Gasteiger partial charge in [0.1, 0.15) is 11.8 Å². The predicted octanol–water partition coefficient (Wildman–Crippen LogP) is 1.64. The number of Topliss-reactive ketones (excluding diaryl/α,β-unsaturated/α-hetero) is 1. The Hall–Kier alpha value is -2.43. The summed E-state index contributed by atoms with van der Waals surface area (Å²) in [5.41, 5.74) is 0.833. The van der Waals surface area contributed by atoms with Gasteiger partial charge in [0.15, 0.2) is 0 Å². The van der Waals surface area contributed by atoms with E-state index in [1.165, 1.54) is 6.08 Å². The molecule has 0 radical (unpaired) electrons. The quantitative estimate of drug-likeness (QED) is 0.741. The van der Waals surface area contributed by atoms with Crippen LogP contribution in [-0.4, -0.2) is 28.8 Å². The van der Waals surface area contributed by atoms with E-state index in [1.54, 1.807) is 13.0 Å². The molecule has 5 nitrogen and oxygen atoms in total. The zero-order chi connectivity index (χ0) is 15.0. The topological polar surface area (TPSA) is 83.5 Å². The van der Waals surface area contributed by atoms with E-state index in [4.69, 9.17) is 5.11 Å². The van der Waals surface area contributed by atoms with Gasteiger partial charge in [0.2, 0.25) is 5.91 Å². The number of aliphatic carboxylic acids is 1. The van der Waals surface area contributed by atoms with Crippen LogP contribution < -0.4 is 5.32 Å². The summed E-state index contributed by atoms with van der Waals surface area (Å²) in [7, 11) is 0. The lowest BCUT2D eigenvalue weighted by molar-refractivity contribution is -0.142. The van der Waals surface area contributed by atoms with Crippen molar-refractivity contribution in [1.82, 2.24) is 5.32 Å². The molecule has 1 amide bonds. The van der Waals surface area contributed by atoms with Crippen molar-refractivity contribution in [3.8, 4) is 0 Å². The first kappa shape index (κ1) is 15.6. The SMILES string of the molecule is CCC(=O)CC(NC(=O)/C=C/c1ccccc1)C(=O)O. The van der Waals surface area contributed by atoms with Crippen molar-refractivity contribution in [2.75, 3.05) is 0 Å². The highest BCUT2D eigenvalue weighted by Crippen LogP contribution is 2.02. The van der Waals surface area contributed by atoms with Crippen LogP contribution in [0.5, 0.6) is 0 Å². The molecule has 0 aliphatic heterocycles. The summed E-state index contributed by atoms with van der Waals surface area (Å²) >= 11 is 0. The number of carbonyl (C=O) groups excluding carboxylic acids is 2. The summed E-state index contributed by atoms with van der Waals surface area (Å²) in [5, 5.41) is 11.3. The molecular formula is C15H17NO4. The molecule has 0 bridgehead atoms. The first-order valence-electron chi connectivity index (χ1n) is 6.31. The van der Waals surface area contributed by atoms with Gasteiger partial charge in [-0.1, -0.05) is 37.3 Å². The van der Waals surface area contributed by atoms with Gasteiger partial charge in [-0.25, -0.2) is 4.79 Å². The smallest absolute Gasteiger partial charge is 0.326 e. The predicted molar refractivity (Wildman–Crippen MR) is 75.0 cm³/mol. The van der Waals surface area contributed by atoms with Crippen LogP contribution in [0.15, 0.2) is 36.4 Å². The number of benzene rings is 1. The Morgan fingerprint density at radius 2 is 1.90 bits per heavy atom. The number of amides is 1. The Balaban J connectivity index is 2.60. The maximum atomic E-state index is 11.6. The number of carbonyl (C=O) groups is 3. The molecular weight excluding hydrogens is 258 g/mol. The third-order valence-corrected chi connectivity index (χ3v) is 2.67. The molecule has 0 spiro atoms. The van der Waals surface area contributed by atoms with E-state index in [-0.39, 0.29) is 18.6 Å². The number of ketones is 1. The molecule has 1 atom stereocenters. The number of carboxylic acids is 1. The minimum Gasteiger partial charge on any atom is -0.480 e. The highest BCUT2D eigenvalue weighted by atomic mass is 16.4. The van der Waals surface area contributed by atoms with Crippen molar-refractivity contribution in [1.29, 1.82) is 0 Å². The average molecular weight is 275 g/mol. The Labute approximate surface area is 117 Å². The second-order valence-electron chi connectivity index (χ2n) is 4.24. The fourth-order valence-electron chi connectivity index (χ4n) is 1.53. The molecule has 0 aromatic heterocycles. The Kier molecular flexibility index (Phi) is 6.16. The summed E-state index contributed by atoms with van der Waals surface area (Å²) < 4.78 is 0. The maximum absolute atomic E-state index is 11.6. The second kappa shape index (κ2) is 7.89. The molecule has 0 fully saturated rings. The van der Waals surface area contributed by atoms with Crippen molar-refractivity contribution in [3.63, 3.8) is 0 Å². The number of nitrogens with one attached hydrogen (secondary N) is 1. The largest absolute Gasteiger partial charge is 0.480 e. The lowest BCUT2D eigenvalue weighted by Crippen LogP contribution is -2.41. The third-order valence-electron chi connectivity index (χ3n) is 2.67. The van der Waals surface area contributed by atoms with E-state index in [9.17, 15) is 14.4 Å². The van der Waals surface area contributed by atoms with Crippen molar-refractivity contribution in [2.24, 2.45) is 0 Å². The number of carboxylic acid groups (broad SMARTS) is 1. The van der Waals surface area contributed by atoms with Gasteiger partial charge in [0.25, 0.3) is 0 Å². The van der Waals surface area contributed by atoms with E-state index < -0.39 is 17.9 Å². The van der Waals surface area contributed by atoms with Gasteiger partial charge in [-0.3, -0.25) is 9.59 Å². The molecule has 20 heavy (non-hydrogen) atoms. The van der Waals surface area contributed by atoms with E-state index in [0.29, 0.717) is 0 Å². The molecule has 0 aliphatic rings. The number of rotatable bonds is 7. The third kappa shape index (κ3) is 5.48. The lowest BCUT2D eigenvalue weighted by atomic mass is 10.1. The molecule has 1 aromatic carbocycles. The first-order valence-corrected chi connectivity index (χ1v) is 6.31. The summed E-state index contributed by atoms with van der Waals surface area (Å²) in [6.45, 7) is 1.65. The minimum absolute atomic E-state index is 0.198. The minimum atomic E-state index is -1.21. The van der Waals surface area contributed by atoms with Crippen LogP contribution in [0.4, 0.5) is 0 Å². The van der Waals surface area contributed by atoms with E-state index >= 15 is 0 Å². The lowest BCUT2D eigenvalue weighted by Gasteiger charge is -2.11. The van der Waals surface area contributed by atoms with Crippen LogP contribution in [0.25, 0.3) is 6.08 Å². The summed E-state index contributed by atoms with van der Waals surface area (Å²) in [4.78, 5) is 33.9. The molecule has 106 valence electrons. The van der Waals surface area contributed by atoms with Crippen LogP contribution >= 0.6 is 0 Å². The Morgan fingerprint density at radius 3 is 2.45 bits per heavy atom. The summed E-state index contributed by atoms with van der Waals surface area (Å²) in [6, 6.07) is 7.97. The van der Waals surface area contributed by atoms with Gasteiger partial charge in [-0.15, -0.1) is 0 Å². The fourth-order valence-corrected chi connectivity index (χ4v) is 1.53. The maximum Gasteiger partial charge on any atom is 0.326 e. The zero-order valence-corrected chi connectivity index (χ0v) is 11.2. The van der Waals surface area contributed by atoms with Gasteiger partial charge < -0.3 is 10.4 Å². The van der Waals surface area contributed by atoms with Crippen molar-refractivity contribution >= 4 is 23.7 Å². The van der Waals surface area contributed by atoms with Crippen LogP contribution in [0.3, 0.4) is 0 Å². The molecule has 0 saturated heterocycles. The molecule has 0 aliphatic carbocycles. The van der Waals surface area contributed by atoms with E-state index in [2.05, 4.69) is 5.32 Å². The monoisotopic (exact) mass is 275 g/mol. The van der Waals surface area contributed by atoms with Crippen molar-refractivity contribution in [2.45, 2.75) is 25.8 Å². The molecule has 0 heterocycles. The van der Waals surface area contributed by atoms with Crippen LogP contribution in [0, 0.1) is 0 Å². The average Bonchev–Trinajstić information content (AvgIpc) is 2.45. The first-order chi connectivity index (χ1) is 9.52. The van der Waals surface area contributed by atoms with E-state index in [0.717, 1.165) is 5.56 Å². The number of hydrogen-bond donors (Lipinski definition) is 2. The van der Waals surface area contributed by atoms with Crippen LogP contribution in [-0.2, 0) is 14.4 Å². The van der Waals surface area contributed by atoms with Crippen LogP contribution in [0.2, 0.25) is 0 Å². The van der Waals surface area contributed by atoms with E-state index in [1.807, 2.05) is 30.3 Å². The highest BCUT2D eigenvalue weighted by molar-refractivity contribution is 5.95. The normalized spacial score (nSPS) is 12.1. The molecule has 5 heteroatoms. The molecule has 1 unspecified atom stereocenters. The Bertz CT molecular complexity index is 508. The number of hydrogen-bond acceptors (Lipinski definition) is 3. The highest BCUT2D eigenvalue weighted by Gasteiger charge is 2.21. The van der Waals surface area contributed by atoms with Gasteiger partial charge in [-0.05, 0) is 11.6 Å². The van der Waals surface area contributed by atoms with Crippen LogP contribution in [0.1, 0.15) is 25.3 Å². The van der Waals surface area contributed by atoms with Crippen molar-refractivity contribution in [3.05, 3.63) is 42.0 Å². The van der Waals surface area contributed by atoms with Crippen molar-refractivity contribution < 1.29 is 19.5 Å². The zero-order valence-electron chi connectivity index (χ0n) is 11.2. The molecule has 1 aromatic rings. The second-order valence-corrected chi connectivity index (χ2v) is 4.24. The standard InChI is InChI=1S/C15H17NO4/c1-2-12(17)10-13(15(19)20)16-14(18)9-8-11-6-4-3-5-7-11/h3-9,13H,2,10H2,1H3,(H,16,18)(H,19,20)/b9-8+. The molecule has 1 rings (SSSR count). The Morgan fingerprint density at radius 1 is 1.25 bits per heavy atom. The van der Waals surface area contributed by atoms with Gasteiger partial charge in [-0.2, -0.15) is 0 Å². The summed E-state index contributed by atoms with van der Waals surface area (Å²) in [5.74, 6) is -1.96. The fraction of sp³-hybridized carbons (Fsp3) is 0.267. The van der Waals surface area contributed by atoms with Gasteiger partial charge in [0, 0.05) is 18.9 Å². The molecule has 2 N–H and O–H groups in total.